The van der Waals surface area contributed by atoms with Crippen molar-refractivity contribution in [2.75, 3.05) is 7.11 Å². The molecule has 0 amide bonds. The summed E-state index contributed by atoms with van der Waals surface area (Å²) in [6, 6.07) is 6.26. The van der Waals surface area contributed by atoms with Crippen molar-refractivity contribution in [1.82, 2.24) is 0 Å². The number of esters is 1. The van der Waals surface area contributed by atoms with Gasteiger partial charge in [-0.3, -0.25) is 4.79 Å². The number of hydrogen-bond donors (Lipinski definition) is 2. The van der Waals surface area contributed by atoms with Crippen LogP contribution in [0.5, 0.6) is 5.75 Å². The lowest BCUT2D eigenvalue weighted by Crippen LogP contribution is -2.37. The van der Waals surface area contributed by atoms with Crippen LogP contribution in [-0.2, 0) is 15.1 Å². The highest BCUT2D eigenvalue weighted by molar-refractivity contribution is 5.74. The number of ether oxygens (including phenoxy) is 1. The van der Waals surface area contributed by atoms with Crippen LogP contribution in [0.3, 0.4) is 0 Å². The number of phenols is 1. The van der Waals surface area contributed by atoms with Crippen LogP contribution < -0.4 is 0 Å². The SMILES string of the molecule is CCC(C(=O)OC)C(C)(O)c1cccc(O)c1. The maximum atomic E-state index is 11.6. The van der Waals surface area contributed by atoms with Crippen LogP contribution in [0.4, 0.5) is 0 Å². The number of methoxy groups -OCH3 is 1. The highest BCUT2D eigenvalue weighted by Crippen LogP contribution is 2.33. The van der Waals surface area contributed by atoms with E-state index in [1.165, 1.54) is 19.2 Å². The topological polar surface area (TPSA) is 66.8 Å². The van der Waals surface area contributed by atoms with Crippen LogP contribution >= 0.6 is 0 Å². The molecule has 0 spiro atoms. The van der Waals surface area contributed by atoms with Crippen LogP contribution in [0.25, 0.3) is 0 Å². The molecule has 0 saturated heterocycles. The van der Waals surface area contributed by atoms with Gasteiger partial charge in [0.05, 0.1) is 13.0 Å². The maximum absolute atomic E-state index is 11.6. The molecule has 0 heterocycles. The van der Waals surface area contributed by atoms with Gasteiger partial charge in [0.25, 0.3) is 0 Å². The summed E-state index contributed by atoms with van der Waals surface area (Å²) in [7, 11) is 1.30. The highest BCUT2D eigenvalue weighted by Gasteiger charge is 2.38. The third-order valence-corrected chi connectivity index (χ3v) is 3.00. The molecular weight excluding hydrogens is 220 g/mol. The highest BCUT2D eigenvalue weighted by atomic mass is 16.5. The summed E-state index contributed by atoms with van der Waals surface area (Å²) >= 11 is 0. The number of carbonyl (C=O) groups excluding carboxylic acids is 1. The molecule has 1 aromatic rings. The summed E-state index contributed by atoms with van der Waals surface area (Å²) in [6.45, 7) is 3.35. The van der Waals surface area contributed by atoms with Crippen molar-refractivity contribution in [3.05, 3.63) is 29.8 Å². The minimum absolute atomic E-state index is 0.0579. The van der Waals surface area contributed by atoms with Gasteiger partial charge in [-0.15, -0.1) is 0 Å². The van der Waals surface area contributed by atoms with E-state index in [2.05, 4.69) is 4.74 Å². The quantitative estimate of drug-likeness (QED) is 0.785. The van der Waals surface area contributed by atoms with E-state index in [1.54, 1.807) is 26.0 Å². The first-order valence-electron chi connectivity index (χ1n) is 5.53. The van der Waals surface area contributed by atoms with Crippen molar-refractivity contribution in [1.29, 1.82) is 0 Å². The lowest BCUT2D eigenvalue weighted by Gasteiger charge is -2.30. The van der Waals surface area contributed by atoms with E-state index in [4.69, 9.17) is 0 Å². The second kappa shape index (κ2) is 5.19. The first-order valence-corrected chi connectivity index (χ1v) is 5.53. The molecule has 0 aliphatic rings. The van der Waals surface area contributed by atoms with Crippen LogP contribution in [0, 0.1) is 5.92 Å². The molecule has 2 unspecified atom stereocenters. The molecule has 94 valence electrons. The summed E-state index contributed by atoms with van der Waals surface area (Å²) in [5.74, 6) is -1.06. The monoisotopic (exact) mass is 238 g/mol. The third-order valence-electron chi connectivity index (χ3n) is 3.00. The predicted octanol–water partition coefficient (Wildman–Crippen LogP) is 1.80. The molecular formula is C13H18O4. The van der Waals surface area contributed by atoms with Crippen molar-refractivity contribution in [3.8, 4) is 5.75 Å². The lowest BCUT2D eigenvalue weighted by molar-refractivity contribution is -0.155. The molecule has 0 fully saturated rings. The van der Waals surface area contributed by atoms with E-state index in [-0.39, 0.29) is 5.75 Å². The second-order valence-corrected chi connectivity index (χ2v) is 4.18. The number of aliphatic hydroxyl groups is 1. The molecule has 0 bridgehead atoms. The van der Waals surface area contributed by atoms with E-state index in [0.717, 1.165) is 0 Å². The Morgan fingerprint density at radius 2 is 2.18 bits per heavy atom. The van der Waals surface area contributed by atoms with Gasteiger partial charge in [0.1, 0.15) is 11.4 Å². The molecule has 1 rings (SSSR count). The lowest BCUT2D eigenvalue weighted by atomic mass is 9.81. The van der Waals surface area contributed by atoms with Crippen molar-refractivity contribution < 1.29 is 19.7 Å². The molecule has 0 aliphatic heterocycles. The van der Waals surface area contributed by atoms with Gasteiger partial charge < -0.3 is 14.9 Å². The summed E-state index contributed by atoms with van der Waals surface area (Å²) in [4.78, 5) is 11.6. The Bertz CT molecular complexity index is 398. The van der Waals surface area contributed by atoms with E-state index in [1.807, 2.05) is 0 Å². The van der Waals surface area contributed by atoms with E-state index in [9.17, 15) is 15.0 Å². The number of carbonyl (C=O) groups is 1. The van der Waals surface area contributed by atoms with Crippen molar-refractivity contribution >= 4 is 5.97 Å². The van der Waals surface area contributed by atoms with Crippen LogP contribution in [0.1, 0.15) is 25.8 Å². The summed E-state index contributed by atoms with van der Waals surface area (Å²) in [6.07, 6.45) is 0.454. The molecule has 2 N–H and O–H groups in total. The maximum Gasteiger partial charge on any atom is 0.311 e. The number of hydrogen-bond acceptors (Lipinski definition) is 4. The number of phenolic OH excluding ortho intramolecular Hbond substituents is 1. The Labute approximate surface area is 101 Å². The summed E-state index contributed by atoms with van der Waals surface area (Å²) in [5.41, 5.74) is -0.865. The Hall–Kier alpha value is -1.55. The van der Waals surface area contributed by atoms with Crippen molar-refractivity contribution in [3.63, 3.8) is 0 Å². The molecule has 0 saturated carbocycles. The zero-order valence-electron chi connectivity index (χ0n) is 10.3. The zero-order chi connectivity index (χ0) is 13.1. The molecule has 17 heavy (non-hydrogen) atoms. The largest absolute Gasteiger partial charge is 0.508 e. The standard InChI is InChI=1S/C13H18O4/c1-4-11(12(15)17-3)13(2,16)9-6-5-7-10(14)8-9/h5-8,11,14,16H,4H2,1-3H3. The smallest absolute Gasteiger partial charge is 0.311 e. The van der Waals surface area contributed by atoms with Crippen molar-refractivity contribution in [2.24, 2.45) is 5.92 Å². The molecule has 0 aromatic heterocycles. The first kappa shape index (κ1) is 13.5. The van der Waals surface area contributed by atoms with Gasteiger partial charge in [0, 0.05) is 0 Å². The van der Waals surface area contributed by atoms with Gasteiger partial charge in [0.2, 0.25) is 0 Å². The Kier molecular flexibility index (Phi) is 4.12. The van der Waals surface area contributed by atoms with E-state index in [0.29, 0.717) is 12.0 Å². The summed E-state index contributed by atoms with van der Waals surface area (Å²) in [5, 5.41) is 19.9. The minimum Gasteiger partial charge on any atom is -0.508 e. The van der Waals surface area contributed by atoms with E-state index < -0.39 is 17.5 Å². The fraction of sp³-hybridized carbons (Fsp3) is 0.462. The fourth-order valence-corrected chi connectivity index (χ4v) is 1.96. The van der Waals surface area contributed by atoms with Crippen LogP contribution in [0.2, 0.25) is 0 Å². The van der Waals surface area contributed by atoms with Gasteiger partial charge >= 0.3 is 5.97 Å². The Balaban J connectivity index is 3.11. The summed E-state index contributed by atoms with van der Waals surface area (Å²) < 4.78 is 4.68. The number of rotatable bonds is 4. The van der Waals surface area contributed by atoms with Gasteiger partial charge in [-0.25, -0.2) is 0 Å². The van der Waals surface area contributed by atoms with Crippen LogP contribution in [-0.4, -0.2) is 23.3 Å². The van der Waals surface area contributed by atoms with Gasteiger partial charge in [-0.05, 0) is 31.0 Å². The number of aromatic hydroxyl groups is 1. The van der Waals surface area contributed by atoms with Crippen molar-refractivity contribution in [2.45, 2.75) is 25.9 Å². The fourth-order valence-electron chi connectivity index (χ4n) is 1.96. The molecule has 1 aromatic carbocycles. The van der Waals surface area contributed by atoms with Crippen LogP contribution in [0.15, 0.2) is 24.3 Å². The molecule has 0 aliphatic carbocycles. The first-order chi connectivity index (χ1) is 7.93. The number of benzene rings is 1. The third kappa shape index (κ3) is 2.77. The molecule has 4 nitrogen and oxygen atoms in total. The van der Waals surface area contributed by atoms with Gasteiger partial charge in [-0.1, -0.05) is 19.1 Å². The van der Waals surface area contributed by atoms with Gasteiger partial charge in [-0.2, -0.15) is 0 Å². The minimum atomic E-state index is -1.36. The van der Waals surface area contributed by atoms with E-state index >= 15 is 0 Å². The normalized spacial score (nSPS) is 16.0. The van der Waals surface area contributed by atoms with Gasteiger partial charge in [0.15, 0.2) is 0 Å². The molecule has 0 radical (unpaired) electrons. The predicted molar refractivity (Wildman–Crippen MR) is 63.5 cm³/mol. The average Bonchev–Trinajstić information content (AvgIpc) is 2.29. The Morgan fingerprint density at radius 1 is 1.53 bits per heavy atom. The molecule has 2 atom stereocenters. The Morgan fingerprint density at radius 3 is 2.65 bits per heavy atom. The molecule has 4 heteroatoms. The zero-order valence-corrected chi connectivity index (χ0v) is 10.3. The average molecular weight is 238 g/mol. The second-order valence-electron chi connectivity index (χ2n) is 4.18.